The zero-order valence-corrected chi connectivity index (χ0v) is 18.3. The number of thiocarbonyl (C=S) groups is 1. The quantitative estimate of drug-likeness (QED) is 0.315. The summed E-state index contributed by atoms with van der Waals surface area (Å²) in [5, 5.41) is 19.4. The van der Waals surface area contributed by atoms with Crippen molar-refractivity contribution >= 4 is 67.8 Å². The molecule has 1 amide bonds. The van der Waals surface area contributed by atoms with E-state index in [1.807, 2.05) is 49.4 Å². The lowest BCUT2D eigenvalue weighted by atomic mass is 10.2. The van der Waals surface area contributed by atoms with Crippen molar-refractivity contribution in [3.63, 3.8) is 0 Å². The summed E-state index contributed by atoms with van der Waals surface area (Å²) in [6.07, 6.45) is 0. The van der Waals surface area contributed by atoms with Gasteiger partial charge in [-0.3, -0.25) is 10.1 Å². The molecule has 10 heteroatoms. The molecule has 0 atom stereocenters. The third-order valence-corrected chi connectivity index (χ3v) is 5.97. The van der Waals surface area contributed by atoms with E-state index >= 15 is 0 Å². The number of anilines is 1. The molecule has 2 aromatic carbocycles. The molecule has 0 aliphatic heterocycles. The average molecular weight is 520 g/mol. The van der Waals surface area contributed by atoms with E-state index in [1.165, 1.54) is 11.3 Å². The van der Waals surface area contributed by atoms with Crippen LogP contribution in [0.4, 0.5) is 5.69 Å². The number of carbonyl (C=O) groups excluding carboxylic acids is 1. The predicted octanol–water partition coefficient (Wildman–Crippen LogP) is 3.89. The molecular weight excluding hydrogens is 507 g/mol. The fraction of sp³-hybridized carbons (Fsp3) is 0.0556. The van der Waals surface area contributed by atoms with Gasteiger partial charge in [0, 0.05) is 14.8 Å². The Labute approximate surface area is 183 Å². The van der Waals surface area contributed by atoms with Crippen molar-refractivity contribution in [3.05, 3.63) is 63.5 Å². The van der Waals surface area contributed by atoms with Gasteiger partial charge in [0.05, 0.1) is 5.56 Å². The lowest BCUT2D eigenvalue weighted by Gasteiger charge is -2.10. The largest absolute Gasteiger partial charge is 0.332 e. The highest BCUT2D eigenvalue weighted by molar-refractivity contribution is 14.1. The molecule has 0 radical (unpaired) electrons. The van der Waals surface area contributed by atoms with Crippen LogP contribution in [0, 0.1) is 10.5 Å². The van der Waals surface area contributed by atoms with Gasteiger partial charge in [0.1, 0.15) is 5.01 Å². The molecule has 0 spiro atoms. The summed E-state index contributed by atoms with van der Waals surface area (Å²) in [6.45, 7) is 1.86. The summed E-state index contributed by atoms with van der Waals surface area (Å²) in [4.78, 5) is 13.1. The van der Waals surface area contributed by atoms with Gasteiger partial charge >= 0.3 is 0 Å². The number of halogens is 1. The zero-order valence-electron chi connectivity index (χ0n) is 14.5. The second-order valence-corrected chi connectivity index (χ2v) is 8.34. The normalized spacial score (nSPS) is 10.8. The number of hydrogen-bond acceptors (Lipinski definition) is 6. The molecule has 0 fully saturated rings. The molecule has 4 rings (SSSR count). The maximum Gasteiger partial charge on any atom is 0.258 e. The Bertz CT molecular complexity index is 1180. The number of hydrogen-bond donors (Lipinski definition) is 2. The van der Waals surface area contributed by atoms with Crippen LogP contribution in [0.25, 0.3) is 15.5 Å². The molecule has 7 nitrogen and oxygen atoms in total. The molecule has 0 aliphatic rings. The Morgan fingerprint density at radius 3 is 2.61 bits per heavy atom. The van der Waals surface area contributed by atoms with Gasteiger partial charge in [0.25, 0.3) is 5.91 Å². The lowest BCUT2D eigenvalue weighted by Crippen LogP contribution is -2.34. The predicted molar refractivity (Wildman–Crippen MR) is 122 cm³/mol. The Balaban J connectivity index is 1.43. The Morgan fingerprint density at radius 1 is 1.14 bits per heavy atom. The first kappa shape index (κ1) is 18.9. The maximum absolute atomic E-state index is 12.3. The van der Waals surface area contributed by atoms with Crippen LogP contribution >= 0.6 is 46.1 Å². The fourth-order valence-corrected chi connectivity index (χ4v) is 4.24. The molecule has 28 heavy (non-hydrogen) atoms. The Kier molecular flexibility index (Phi) is 5.33. The van der Waals surface area contributed by atoms with E-state index in [0.29, 0.717) is 5.56 Å². The zero-order chi connectivity index (χ0) is 19.7. The number of carbonyl (C=O) groups is 1. The van der Waals surface area contributed by atoms with Crippen LogP contribution in [-0.4, -0.2) is 30.8 Å². The second kappa shape index (κ2) is 7.89. The molecule has 0 saturated heterocycles. The summed E-state index contributed by atoms with van der Waals surface area (Å²) in [6, 6.07) is 15.0. The highest BCUT2D eigenvalue weighted by Crippen LogP contribution is 2.26. The second-order valence-electron chi connectivity index (χ2n) is 5.81. The van der Waals surface area contributed by atoms with Crippen LogP contribution < -0.4 is 10.6 Å². The minimum Gasteiger partial charge on any atom is -0.332 e. The van der Waals surface area contributed by atoms with Crippen molar-refractivity contribution < 1.29 is 4.79 Å². The molecule has 0 saturated carbocycles. The van der Waals surface area contributed by atoms with Crippen LogP contribution in [0.5, 0.6) is 0 Å². The molecule has 2 heterocycles. The minimum absolute atomic E-state index is 0.241. The lowest BCUT2D eigenvalue weighted by molar-refractivity contribution is 0.0977. The maximum atomic E-state index is 12.3. The monoisotopic (exact) mass is 520 g/mol. The van der Waals surface area contributed by atoms with E-state index in [1.54, 1.807) is 10.6 Å². The molecule has 0 bridgehead atoms. The summed E-state index contributed by atoms with van der Waals surface area (Å²) in [5.74, 6) is 0.513. The smallest absolute Gasteiger partial charge is 0.258 e. The number of fused-ring (bicyclic) bond motifs is 1. The van der Waals surface area contributed by atoms with Crippen molar-refractivity contribution in [1.82, 2.24) is 25.1 Å². The van der Waals surface area contributed by atoms with Crippen LogP contribution in [0.2, 0.25) is 0 Å². The number of aryl methyl sites for hydroxylation is 1. The molecule has 4 aromatic rings. The topological polar surface area (TPSA) is 84.2 Å². The Hall–Kier alpha value is -2.44. The number of nitrogens with zero attached hydrogens (tertiary/aromatic N) is 4. The number of benzene rings is 2. The molecule has 2 aromatic heterocycles. The van der Waals surface area contributed by atoms with Crippen molar-refractivity contribution in [2.75, 3.05) is 5.32 Å². The standard InChI is InChI=1S/C18H13IN6OS2/c1-10-22-23-18-25(10)24-16(28-18)11-6-8-12(9-7-11)20-17(27)21-15(26)13-4-2-3-5-14(13)19/h2-9H,1H3,(H2,20,21,26,27). The van der Waals surface area contributed by atoms with E-state index in [0.717, 1.165) is 30.6 Å². The molecule has 0 aliphatic carbocycles. The SMILES string of the molecule is Cc1nnc2sc(-c3ccc(NC(=S)NC(=O)c4ccccc4I)cc3)nn12. The summed E-state index contributed by atoms with van der Waals surface area (Å²) < 4.78 is 2.59. The van der Waals surface area contributed by atoms with E-state index in [2.05, 4.69) is 48.5 Å². The Morgan fingerprint density at radius 2 is 1.89 bits per heavy atom. The van der Waals surface area contributed by atoms with Gasteiger partial charge in [-0.1, -0.05) is 23.5 Å². The van der Waals surface area contributed by atoms with E-state index in [-0.39, 0.29) is 11.0 Å². The third-order valence-electron chi connectivity index (χ3n) is 3.88. The van der Waals surface area contributed by atoms with Gasteiger partial charge in [-0.2, -0.15) is 9.61 Å². The first-order valence-electron chi connectivity index (χ1n) is 8.17. The highest BCUT2D eigenvalue weighted by atomic mass is 127. The molecule has 0 unspecified atom stereocenters. The number of amides is 1. The third kappa shape index (κ3) is 3.88. The first-order chi connectivity index (χ1) is 13.5. The van der Waals surface area contributed by atoms with Gasteiger partial charge in [0.15, 0.2) is 10.9 Å². The average Bonchev–Trinajstić information content (AvgIpc) is 3.25. The van der Waals surface area contributed by atoms with Crippen LogP contribution in [0.3, 0.4) is 0 Å². The van der Waals surface area contributed by atoms with Gasteiger partial charge in [0.2, 0.25) is 4.96 Å². The first-order valence-corrected chi connectivity index (χ1v) is 10.5. The van der Waals surface area contributed by atoms with Crippen molar-refractivity contribution in [3.8, 4) is 10.6 Å². The van der Waals surface area contributed by atoms with E-state index < -0.39 is 0 Å². The number of nitrogens with one attached hydrogen (secondary N) is 2. The minimum atomic E-state index is -0.241. The van der Waals surface area contributed by atoms with Crippen LogP contribution in [0.1, 0.15) is 16.2 Å². The van der Waals surface area contributed by atoms with Crippen LogP contribution in [-0.2, 0) is 0 Å². The molecular formula is C18H13IN6OS2. The highest BCUT2D eigenvalue weighted by Gasteiger charge is 2.12. The van der Waals surface area contributed by atoms with Crippen molar-refractivity contribution in [1.29, 1.82) is 0 Å². The fourth-order valence-electron chi connectivity index (χ4n) is 2.51. The summed E-state index contributed by atoms with van der Waals surface area (Å²) in [7, 11) is 0. The van der Waals surface area contributed by atoms with Crippen molar-refractivity contribution in [2.24, 2.45) is 0 Å². The number of aromatic nitrogens is 4. The van der Waals surface area contributed by atoms with Gasteiger partial charge in [-0.15, -0.1) is 10.2 Å². The molecule has 140 valence electrons. The number of rotatable bonds is 3. The van der Waals surface area contributed by atoms with Crippen LogP contribution in [0.15, 0.2) is 48.5 Å². The van der Waals surface area contributed by atoms with Crippen molar-refractivity contribution in [2.45, 2.75) is 6.92 Å². The summed E-state index contributed by atoms with van der Waals surface area (Å²) >= 11 is 8.85. The van der Waals surface area contributed by atoms with E-state index in [9.17, 15) is 4.79 Å². The molecule has 2 N–H and O–H groups in total. The van der Waals surface area contributed by atoms with Gasteiger partial charge < -0.3 is 5.32 Å². The van der Waals surface area contributed by atoms with Gasteiger partial charge in [-0.05, 0) is 78.1 Å². The van der Waals surface area contributed by atoms with Gasteiger partial charge in [-0.25, -0.2) is 0 Å². The summed E-state index contributed by atoms with van der Waals surface area (Å²) in [5.41, 5.74) is 2.33. The van der Waals surface area contributed by atoms with E-state index in [4.69, 9.17) is 12.2 Å².